The van der Waals surface area contributed by atoms with E-state index in [9.17, 15) is 0 Å². The van der Waals surface area contributed by atoms with Gasteiger partial charge >= 0.3 is 0 Å². The molecule has 2 rings (SSSR count). The predicted octanol–water partition coefficient (Wildman–Crippen LogP) is 2.94. The van der Waals surface area contributed by atoms with E-state index in [0.29, 0.717) is 11.8 Å². The van der Waals surface area contributed by atoms with Crippen LogP contribution in [0.1, 0.15) is 29.8 Å². The van der Waals surface area contributed by atoms with Crippen molar-refractivity contribution in [1.82, 2.24) is 4.98 Å². The standard InChI is InChI=1S/C11H18N2S3/c1-7-8(2)16-10(6-14-7)11-13-9(3-4-12)5-15-11/h5,7-8,10H,3-4,6,12H2,1-2H3. The zero-order valence-corrected chi connectivity index (χ0v) is 12.1. The molecule has 1 aromatic rings. The molecule has 0 aromatic carbocycles. The van der Waals surface area contributed by atoms with Crippen molar-refractivity contribution in [2.75, 3.05) is 12.3 Å². The summed E-state index contributed by atoms with van der Waals surface area (Å²) >= 11 is 5.95. The van der Waals surface area contributed by atoms with Crippen molar-refractivity contribution in [2.45, 2.75) is 36.0 Å². The third-order valence-corrected chi connectivity index (χ3v) is 7.35. The van der Waals surface area contributed by atoms with Crippen molar-refractivity contribution in [2.24, 2.45) is 5.73 Å². The maximum absolute atomic E-state index is 5.54. The SMILES string of the molecule is CC1SCC(c2nc(CCN)cs2)SC1C. The molecule has 3 atom stereocenters. The van der Waals surface area contributed by atoms with Gasteiger partial charge in [0.1, 0.15) is 5.01 Å². The van der Waals surface area contributed by atoms with Crippen molar-refractivity contribution >= 4 is 34.9 Å². The summed E-state index contributed by atoms with van der Waals surface area (Å²) in [4.78, 5) is 4.69. The van der Waals surface area contributed by atoms with E-state index < -0.39 is 0 Å². The van der Waals surface area contributed by atoms with Crippen LogP contribution in [-0.4, -0.2) is 27.8 Å². The van der Waals surface area contributed by atoms with Gasteiger partial charge in [0.2, 0.25) is 0 Å². The van der Waals surface area contributed by atoms with Crippen LogP contribution in [0.3, 0.4) is 0 Å². The summed E-state index contributed by atoms with van der Waals surface area (Å²) in [5, 5.41) is 5.54. The van der Waals surface area contributed by atoms with Crippen LogP contribution in [0, 0.1) is 0 Å². The Hall–Kier alpha value is 0.290. The Morgan fingerprint density at radius 2 is 2.25 bits per heavy atom. The van der Waals surface area contributed by atoms with Crippen molar-refractivity contribution in [3.05, 3.63) is 16.1 Å². The van der Waals surface area contributed by atoms with Crippen LogP contribution in [-0.2, 0) is 6.42 Å². The molecule has 16 heavy (non-hydrogen) atoms. The zero-order valence-electron chi connectivity index (χ0n) is 9.68. The molecule has 1 aliphatic heterocycles. The highest BCUT2D eigenvalue weighted by atomic mass is 32.2. The third-order valence-electron chi connectivity index (χ3n) is 2.80. The van der Waals surface area contributed by atoms with Gasteiger partial charge in [0, 0.05) is 28.1 Å². The number of nitrogens with zero attached hydrogens (tertiary/aromatic N) is 1. The maximum atomic E-state index is 5.54. The molecule has 1 saturated heterocycles. The summed E-state index contributed by atoms with van der Waals surface area (Å²) in [6.45, 7) is 5.34. The molecule has 0 amide bonds. The van der Waals surface area contributed by atoms with Gasteiger partial charge in [-0.1, -0.05) is 13.8 Å². The molecule has 2 N–H and O–H groups in total. The Labute approximate surface area is 110 Å². The average molecular weight is 274 g/mol. The van der Waals surface area contributed by atoms with E-state index >= 15 is 0 Å². The topological polar surface area (TPSA) is 38.9 Å². The average Bonchev–Trinajstić information content (AvgIpc) is 2.71. The molecule has 1 aliphatic rings. The Morgan fingerprint density at radius 3 is 2.94 bits per heavy atom. The molecule has 0 radical (unpaired) electrons. The maximum Gasteiger partial charge on any atom is 0.107 e. The fourth-order valence-electron chi connectivity index (χ4n) is 1.65. The number of aromatic nitrogens is 1. The summed E-state index contributed by atoms with van der Waals surface area (Å²) < 4.78 is 0. The second-order valence-corrected chi connectivity index (χ2v) is 7.97. The fraction of sp³-hybridized carbons (Fsp3) is 0.727. The largest absolute Gasteiger partial charge is 0.330 e. The molecule has 5 heteroatoms. The Balaban J connectivity index is 2.01. The van der Waals surface area contributed by atoms with Gasteiger partial charge in [0.15, 0.2) is 0 Å². The van der Waals surface area contributed by atoms with E-state index in [0.717, 1.165) is 16.9 Å². The summed E-state index contributed by atoms with van der Waals surface area (Å²) in [6.07, 6.45) is 0.910. The quantitative estimate of drug-likeness (QED) is 0.920. The van der Waals surface area contributed by atoms with E-state index in [1.807, 2.05) is 0 Å². The first-order valence-corrected chi connectivity index (χ1v) is 8.49. The highest BCUT2D eigenvalue weighted by Crippen LogP contribution is 2.44. The number of hydrogen-bond donors (Lipinski definition) is 1. The summed E-state index contributed by atoms with van der Waals surface area (Å²) in [7, 11) is 0. The molecule has 1 aromatic heterocycles. The van der Waals surface area contributed by atoms with Gasteiger partial charge in [-0.15, -0.1) is 23.1 Å². The minimum atomic E-state index is 0.590. The van der Waals surface area contributed by atoms with Crippen molar-refractivity contribution in [1.29, 1.82) is 0 Å². The number of rotatable bonds is 3. The number of nitrogens with two attached hydrogens (primary N) is 1. The van der Waals surface area contributed by atoms with Crippen molar-refractivity contribution in [3.63, 3.8) is 0 Å². The normalized spacial score (nSPS) is 30.6. The van der Waals surface area contributed by atoms with Gasteiger partial charge in [0.05, 0.1) is 10.9 Å². The number of thiazole rings is 1. The van der Waals surface area contributed by atoms with Crippen molar-refractivity contribution < 1.29 is 0 Å². The first-order valence-electron chi connectivity index (χ1n) is 5.62. The van der Waals surface area contributed by atoms with Crippen LogP contribution >= 0.6 is 34.9 Å². The van der Waals surface area contributed by atoms with Gasteiger partial charge < -0.3 is 5.73 Å². The minimum absolute atomic E-state index is 0.590. The molecule has 0 bridgehead atoms. The zero-order chi connectivity index (χ0) is 11.5. The lowest BCUT2D eigenvalue weighted by atomic mass is 10.3. The Kier molecular flexibility index (Phi) is 4.58. The van der Waals surface area contributed by atoms with E-state index in [1.54, 1.807) is 11.3 Å². The van der Waals surface area contributed by atoms with Gasteiger partial charge in [0.25, 0.3) is 0 Å². The van der Waals surface area contributed by atoms with Crippen LogP contribution < -0.4 is 5.73 Å². The first kappa shape index (κ1) is 12.7. The fourth-order valence-corrected chi connectivity index (χ4v) is 5.71. The molecule has 3 unspecified atom stereocenters. The molecule has 0 aliphatic carbocycles. The minimum Gasteiger partial charge on any atom is -0.330 e. The summed E-state index contributed by atoms with van der Waals surface area (Å²) in [6, 6.07) is 0. The molecule has 1 fully saturated rings. The van der Waals surface area contributed by atoms with Crippen LogP contribution in [0.5, 0.6) is 0 Å². The number of thioether (sulfide) groups is 2. The van der Waals surface area contributed by atoms with Gasteiger partial charge in [-0.2, -0.15) is 11.8 Å². The second kappa shape index (κ2) is 5.76. The van der Waals surface area contributed by atoms with E-state index in [-0.39, 0.29) is 0 Å². The molecule has 2 heterocycles. The lowest BCUT2D eigenvalue weighted by molar-refractivity contribution is 0.879. The van der Waals surface area contributed by atoms with Gasteiger partial charge in [-0.05, 0) is 6.54 Å². The lowest BCUT2D eigenvalue weighted by Gasteiger charge is -2.30. The molecule has 90 valence electrons. The highest BCUT2D eigenvalue weighted by Gasteiger charge is 2.28. The van der Waals surface area contributed by atoms with E-state index in [1.165, 1.54) is 16.5 Å². The Morgan fingerprint density at radius 1 is 1.44 bits per heavy atom. The summed E-state index contributed by atoms with van der Waals surface area (Å²) in [5.74, 6) is 1.20. The van der Waals surface area contributed by atoms with Crippen molar-refractivity contribution in [3.8, 4) is 0 Å². The third kappa shape index (κ3) is 2.94. The highest BCUT2D eigenvalue weighted by molar-refractivity contribution is 8.07. The van der Waals surface area contributed by atoms with Gasteiger partial charge in [-0.3, -0.25) is 0 Å². The smallest absolute Gasteiger partial charge is 0.107 e. The van der Waals surface area contributed by atoms with E-state index in [4.69, 9.17) is 5.73 Å². The van der Waals surface area contributed by atoms with Gasteiger partial charge in [-0.25, -0.2) is 4.98 Å². The first-order chi connectivity index (χ1) is 7.70. The van der Waals surface area contributed by atoms with Crippen LogP contribution in [0.4, 0.5) is 0 Å². The molecule has 0 spiro atoms. The molecular formula is C11H18N2S3. The van der Waals surface area contributed by atoms with Crippen LogP contribution in [0.15, 0.2) is 5.38 Å². The Bertz CT molecular complexity index is 340. The van der Waals surface area contributed by atoms with Crippen LogP contribution in [0.2, 0.25) is 0 Å². The monoisotopic (exact) mass is 274 g/mol. The van der Waals surface area contributed by atoms with E-state index in [2.05, 4.69) is 47.7 Å². The second-order valence-electron chi connectivity index (χ2n) is 4.08. The summed E-state index contributed by atoms with van der Waals surface area (Å²) in [5.41, 5.74) is 6.71. The predicted molar refractivity (Wildman–Crippen MR) is 76.6 cm³/mol. The molecule has 0 saturated carbocycles. The van der Waals surface area contributed by atoms with Crippen LogP contribution in [0.25, 0.3) is 0 Å². The number of hydrogen-bond acceptors (Lipinski definition) is 5. The lowest BCUT2D eigenvalue weighted by Crippen LogP contribution is -2.21. The molecule has 2 nitrogen and oxygen atoms in total. The molecular weight excluding hydrogens is 256 g/mol.